The molecule has 0 aromatic carbocycles. The van der Waals surface area contributed by atoms with Crippen LogP contribution in [0.3, 0.4) is 0 Å². The van der Waals surface area contributed by atoms with Crippen LogP contribution in [0.15, 0.2) is 6.20 Å². The number of piperidine rings is 1. The normalized spacial score (nSPS) is 18.9. The number of Topliss-reactive ketones (excluding diaryl/α,β-unsaturated/α-hetero) is 1. The van der Waals surface area contributed by atoms with Gasteiger partial charge in [0.05, 0.1) is 6.20 Å². The molecule has 22 heavy (non-hydrogen) atoms. The number of rotatable bonds is 4. The second kappa shape index (κ2) is 6.25. The van der Waals surface area contributed by atoms with E-state index in [4.69, 9.17) is 0 Å². The van der Waals surface area contributed by atoms with Gasteiger partial charge in [0.25, 0.3) is 0 Å². The van der Waals surface area contributed by atoms with Crippen LogP contribution in [0.25, 0.3) is 0 Å². The van der Waals surface area contributed by atoms with Crippen molar-refractivity contribution >= 4 is 23.4 Å². The van der Waals surface area contributed by atoms with Crippen molar-refractivity contribution in [3.05, 3.63) is 6.20 Å². The van der Waals surface area contributed by atoms with Crippen molar-refractivity contribution in [2.24, 2.45) is 5.92 Å². The molecular formula is C14H19N5O3. The van der Waals surface area contributed by atoms with Crippen molar-refractivity contribution in [1.82, 2.24) is 19.9 Å². The Bertz CT molecular complexity index is 583. The third kappa shape index (κ3) is 3.32. The minimum Gasteiger partial charge on any atom is -0.340 e. The number of aromatic nitrogens is 3. The molecule has 2 aliphatic rings. The maximum absolute atomic E-state index is 12.1. The average Bonchev–Trinajstić information content (AvgIpc) is 2.84. The molecule has 1 aromatic rings. The molecule has 3 rings (SSSR count). The molecule has 8 heteroatoms. The van der Waals surface area contributed by atoms with Crippen LogP contribution in [-0.4, -0.2) is 50.6 Å². The highest BCUT2D eigenvalue weighted by Gasteiger charge is 2.26. The zero-order valence-electron chi connectivity index (χ0n) is 12.3. The Labute approximate surface area is 127 Å². The molecule has 0 unspecified atom stereocenters. The van der Waals surface area contributed by atoms with Crippen LogP contribution in [0, 0.1) is 5.92 Å². The van der Waals surface area contributed by atoms with Gasteiger partial charge in [0.15, 0.2) is 5.82 Å². The second-order valence-corrected chi connectivity index (χ2v) is 5.84. The van der Waals surface area contributed by atoms with Crippen molar-refractivity contribution in [3.8, 4) is 0 Å². The molecule has 0 radical (unpaired) electrons. The summed E-state index contributed by atoms with van der Waals surface area (Å²) in [7, 11) is 0. The SMILES string of the molecule is O=C1CCN(C(=O)Cn2cc(NC(=O)C3CCC3)nn2)CC1. The third-order valence-corrected chi connectivity index (χ3v) is 4.24. The van der Waals surface area contributed by atoms with Gasteiger partial charge in [-0.3, -0.25) is 14.4 Å². The summed E-state index contributed by atoms with van der Waals surface area (Å²) in [5.74, 6) is 0.537. The first-order valence-electron chi connectivity index (χ1n) is 7.62. The Morgan fingerprint density at radius 1 is 1.27 bits per heavy atom. The highest BCUT2D eigenvalue weighted by molar-refractivity contribution is 5.92. The number of hydrogen-bond donors (Lipinski definition) is 1. The van der Waals surface area contributed by atoms with Gasteiger partial charge in [-0.25, -0.2) is 4.68 Å². The van der Waals surface area contributed by atoms with Crippen LogP contribution in [0.1, 0.15) is 32.1 Å². The van der Waals surface area contributed by atoms with Gasteiger partial charge < -0.3 is 10.2 Å². The molecule has 1 aromatic heterocycles. The fourth-order valence-corrected chi connectivity index (χ4v) is 2.58. The van der Waals surface area contributed by atoms with Crippen molar-refractivity contribution in [2.75, 3.05) is 18.4 Å². The molecule has 1 aliphatic heterocycles. The van der Waals surface area contributed by atoms with Crippen LogP contribution < -0.4 is 5.32 Å². The number of likely N-dealkylation sites (tertiary alicyclic amines) is 1. The monoisotopic (exact) mass is 305 g/mol. The predicted octanol–water partition coefficient (Wildman–Crippen LogP) is 0.208. The number of amides is 2. The quantitative estimate of drug-likeness (QED) is 0.857. The molecule has 0 atom stereocenters. The minimum atomic E-state index is -0.0886. The summed E-state index contributed by atoms with van der Waals surface area (Å²) in [6, 6.07) is 0. The largest absolute Gasteiger partial charge is 0.340 e. The Kier molecular flexibility index (Phi) is 4.17. The van der Waals surface area contributed by atoms with Crippen molar-refractivity contribution < 1.29 is 14.4 Å². The predicted molar refractivity (Wildman–Crippen MR) is 76.8 cm³/mol. The zero-order chi connectivity index (χ0) is 15.5. The van der Waals surface area contributed by atoms with Crippen LogP contribution in [0.4, 0.5) is 5.82 Å². The highest BCUT2D eigenvalue weighted by atomic mass is 16.2. The fourth-order valence-electron chi connectivity index (χ4n) is 2.58. The molecule has 0 bridgehead atoms. The molecule has 2 amide bonds. The van der Waals surface area contributed by atoms with Gasteiger partial charge >= 0.3 is 0 Å². The zero-order valence-corrected chi connectivity index (χ0v) is 12.3. The summed E-state index contributed by atoms with van der Waals surface area (Å²) >= 11 is 0. The van der Waals surface area contributed by atoms with E-state index in [-0.39, 0.29) is 30.1 Å². The van der Waals surface area contributed by atoms with Crippen molar-refractivity contribution in [1.29, 1.82) is 0 Å². The molecule has 1 N–H and O–H groups in total. The van der Waals surface area contributed by atoms with E-state index >= 15 is 0 Å². The highest BCUT2D eigenvalue weighted by Crippen LogP contribution is 2.27. The maximum Gasteiger partial charge on any atom is 0.244 e. The Balaban J connectivity index is 1.51. The Hall–Kier alpha value is -2.25. The van der Waals surface area contributed by atoms with Gasteiger partial charge in [-0.05, 0) is 12.8 Å². The summed E-state index contributed by atoms with van der Waals surface area (Å²) < 4.78 is 1.41. The molecule has 0 spiro atoms. The summed E-state index contributed by atoms with van der Waals surface area (Å²) in [4.78, 5) is 36.8. The smallest absolute Gasteiger partial charge is 0.244 e. The first kappa shape index (κ1) is 14.7. The van der Waals surface area contributed by atoms with Crippen LogP contribution in [0.2, 0.25) is 0 Å². The van der Waals surface area contributed by atoms with E-state index in [2.05, 4.69) is 15.6 Å². The maximum atomic E-state index is 12.1. The van der Waals surface area contributed by atoms with E-state index < -0.39 is 0 Å². The van der Waals surface area contributed by atoms with E-state index in [9.17, 15) is 14.4 Å². The van der Waals surface area contributed by atoms with Gasteiger partial charge in [0.1, 0.15) is 12.3 Å². The van der Waals surface area contributed by atoms with Crippen LogP contribution in [0.5, 0.6) is 0 Å². The first-order chi connectivity index (χ1) is 10.6. The lowest BCUT2D eigenvalue weighted by Crippen LogP contribution is -2.40. The van der Waals surface area contributed by atoms with Gasteiger partial charge in [-0.15, -0.1) is 5.10 Å². The molecule has 118 valence electrons. The van der Waals surface area contributed by atoms with Gasteiger partial charge in [-0.1, -0.05) is 11.6 Å². The second-order valence-electron chi connectivity index (χ2n) is 5.84. The molecule has 1 aliphatic carbocycles. The summed E-state index contributed by atoms with van der Waals surface area (Å²) in [6.07, 6.45) is 5.34. The Morgan fingerprint density at radius 3 is 2.64 bits per heavy atom. The minimum absolute atomic E-state index is 0.0285. The number of nitrogens with zero attached hydrogens (tertiary/aromatic N) is 4. The molecule has 1 saturated heterocycles. The number of carbonyl (C=O) groups excluding carboxylic acids is 3. The third-order valence-electron chi connectivity index (χ3n) is 4.24. The van der Waals surface area contributed by atoms with Gasteiger partial charge in [0, 0.05) is 31.8 Å². The van der Waals surface area contributed by atoms with Crippen LogP contribution in [-0.2, 0) is 20.9 Å². The number of hydrogen-bond acceptors (Lipinski definition) is 5. The first-order valence-corrected chi connectivity index (χ1v) is 7.62. The molecule has 2 heterocycles. The van der Waals surface area contributed by atoms with E-state index in [1.54, 1.807) is 11.1 Å². The lowest BCUT2D eigenvalue weighted by Gasteiger charge is -2.25. The average molecular weight is 305 g/mol. The van der Waals surface area contributed by atoms with Gasteiger partial charge in [0.2, 0.25) is 11.8 Å². The van der Waals surface area contributed by atoms with Crippen LogP contribution >= 0.6 is 0 Å². The molecule has 2 fully saturated rings. The molecule has 8 nitrogen and oxygen atoms in total. The van der Waals surface area contributed by atoms with Crippen molar-refractivity contribution in [2.45, 2.75) is 38.6 Å². The topological polar surface area (TPSA) is 97.2 Å². The number of nitrogens with one attached hydrogen (secondary N) is 1. The van der Waals surface area contributed by atoms with Crippen molar-refractivity contribution in [3.63, 3.8) is 0 Å². The summed E-state index contributed by atoms with van der Waals surface area (Å²) in [6.45, 7) is 1.01. The van der Waals surface area contributed by atoms with Gasteiger partial charge in [-0.2, -0.15) is 0 Å². The van der Waals surface area contributed by atoms with E-state index in [1.807, 2.05) is 0 Å². The fraction of sp³-hybridized carbons (Fsp3) is 0.643. The molecule has 1 saturated carbocycles. The lowest BCUT2D eigenvalue weighted by atomic mass is 9.85. The number of carbonyl (C=O) groups is 3. The van der Waals surface area contributed by atoms with E-state index in [0.717, 1.165) is 19.3 Å². The lowest BCUT2D eigenvalue weighted by molar-refractivity contribution is -0.135. The van der Waals surface area contributed by atoms with E-state index in [1.165, 1.54) is 4.68 Å². The van der Waals surface area contributed by atoms with E-state index in [0.29, 0.717) is 31.7 Å². The molecular weight excluding hydrogens is 286 g/mol. The number of anilines is 1. The Morgan fingerprint density at radius 2 is 2.00 bits per heavy atom. The summed E-state index contributed by atoms with van der Waals surface area (Å²) in [5, 5.41) is 10.4. The standard InChI is InChI=1S/C14H19N5O3/c20-11-4-6-18(7-5-11)13(21)9-19-8-12(16-17-19)15-14(22)10-2-1-3-10/h8,10H,1-7,9H2,(H,15,22). The number of ketones is 1. The summed E-state index contributed by atoms with van der Waals surface area (Å²) in [5.41, 5.74) is 0.